The highest BCUT2D eigenvalue weighted by Crippen LogP contribution is 2.12. The van der Waals surface area contributed by atoms with Crippen LogP contribution in [0.2, 0.25) is 0 Å². The molecule has 21 heavy (non-hydrogen) atoms. The molecule has 0 unspecified atom stereocenters. The summed E-state index contributed by atoms with van der Waals surface area (Å²) in [7, 11) is 2.00. The maximum Gasteiger partial charge on any atom is 0.173 e. The number of rotatable bonds is 5. The maximum atomic E-state index is 5.45. The molecule has 110 valence electrons. The van der Waals surface area contributed by atoms with Crippen molar-refractivity contribution in [1.82, 2.24) is 9.88 Å². The van der Waals surface area contributed by atoms with Gasteiger partial charge in [-0.05, 0) is 48.5 Å². The Labute approximate surface area is 132 Å². The van der Waals surface area contributed by atoms with Crippen LogP contribution in [0.1, 0.15) is 18.2 Å². The van der Waals surface area contributed by atoms with E-state index in [1.54, 1.807) is 0 Å². The number of thiocarbonyl (C=S) groups is 1. The second kappa shape index (κ2) is 7.74. The zero-order chi connectivity index (χ0) is 15.1. The fourth-order valence-electron chi connectivity index (χ4n) is 2.02. The Kier molecular flexibility index (Phi) is 5.69. The Balaban J connectivity index is 1.87. The summed E-state index contributed by atoms with van der Waals surface area (Å²) in [6, 6.07) is 14.3. The van der Waals surface area contributed by atoms with Crippen LogP contribution in [0.3, 0.4) is 0 Å². The minimum absolute atomic E-state index is 0.735. The van der Waals surface area contributed by atoms with Gasteiger partial charge in [0.1, 0.15) is 0 Å². The Morgan fingerprint density at radius 3 is 2.81 bits per heavy atom. The van der Waals surface area contributed by atoms with Gasteiger partial charge in [0.15, 0.2) is 5.11 Å². The van der Waals surface area contributed by atoms with Gasteiger partial charge >= 0.3 is 0 Å². The SMILES string of the molecule is CCc1cccc(NC(=S)N(C)CCc2ccccn2)c1. The molecule has 0 atom stereocenters. The normalized spacial score (nSPS) is 10.2. The van der Waals surface area contributed by atoms with Crippen LogP contribution >= 0.6 is 12.2 Å². The molecule has 0 fully saturated rings. The summed E-state index contributed by atoms with van der Waals surface area (Å²) < 4.78 is 0. The molecule has 0 aliphatic heterocycles. The lowest BCUT2D eigenvalue weighted by Crippen LogP contribution is -2.32. The minimum atomic E-state index is 0.735. The number of hydrogen-bond donors (Lipinski definition) is 1. The molecule has 1 N–H and O–H groups in total. The Hall–Kier alpha value is -1.94. The van der Waals surface area contributed by atoms with E-state index in [2.05, 4.69) is 35.4 Å². The molecular formula is C17H21N3S. The number of pyridine rings is 1. The molecule has 2 aromatic rings. The number of aromatic nitrogens is 1. The highest BCUT2D eigenvalue weighted by atomic mass is 32.1. The van der Waals surface area contributed by atoms with Gasteiger partial charge in [-0.3, -0.25) is 4.98 Å². The molecule has 4 heteroatoms. The number of likely N-dealkylation sites (N-methyl/N-ethyl adjacent to an activating group) is 1. The Bertz CT molecular complexity index is 584. The first kappa shape index (κ1) is 15.4. The van der Waals surface area contributed by atoms with Crippen molar-refractivity contribution < 1.29 is 0 Å². The van der Waals surface area contributed by atoms with Gasteiger partial charge in [0, 0.05) is 37.6 Å². The molecule has 0 saturated heterocycles. The van der Waals surface area contributed by atoms with Crippen LogP contribution in [0.25, 0.3) is 0 Å². The van der Waals surface area contributed by atoms with E-state index in [-0.39, 0.29) is 0 Å². The van der Waals surface area contributed by atoms with Crippen molar-refractivity contribution >= 4 is 23.0 Å². The van der Waals surface area contributed by atoms with Crippen molar-refractivity contribution in [3.05, 3.63) is 59.9 Å². The molecule has 1 aromatic carbocycles. The minimum Gasteiger partial charge on any atom is -0.352 e. The molecule has 0 amide bonds. The van der Waals surface area contributed by atoms with Crippen molar-refractivity contribution in [2.24, 2.45) is 0 Å². The monoisotopic (exact) mass is 299 g/mol. The van der Waals surface area contributed by atoms with E-state index < -0.39 is 0 Å². The summed E-state index contributed by atoms with van der Waals surface area (Å²) in [4.78, 5) is 6.37. The molecule has 0 aliphatic carbocycles. The summed E-state index contributed by atoms with van der Waals surface area (Å²) in [5.41, 5.74) is 3.43. The lowest BCUT2D eigenvalue weighted by molar-refractivity contribution is 0.512. The Morgan fingerprint density at radius 1 is 1.24 bits per heavy atom. The first-order valence-electron chi connectivity index (χ1n) is 7.20. The predicted octanol–water partition coefficient (Wildman–Crippen LogP) is 3.52. The molecule has 0 aliphatic rings. The number of hydrogen-bond acceptors (Lipinski definition) is 2. The van der Waals surface area contributed by atoms with E-state index in [0.717, 1.165) is 35.9 Å². The highest BCUT2D eigenvalue weighted by molar-refractivity contribution is 7.80. The smallest absolute Gasteiger partial charge is 0.173 e. The van der Waals surface area contributed by atoms with Crippen molar-refractivity contribution in [2.45, 2.75) is 19.8 Å². The zero-order valence-corrected chi connectivity index (χ0v) is 13.4. The van der Waals surface area contributed by atoms with Crippen molar-refractivity contribution in [2.75, 3.05) is 18.9 Å². The second-order valence-electron chi connectivity index (χ2n) is 4.98. The topological polar surface area (TPSA) is 28.2 Å². The van der Waals surface area contributed by atoms with Gasteiger partial charge in [-0.15, -0.1) is 0 Å². The Morgan fingerprint density at radius 2 is 2.10 bits per heavy atom. The number of benzene rings is 1. The van der Waals surface area contributed by atoms with E-state index >= 15 is 0 Å². The zero-order valence-electron chi connectivity index (χ0n) is 12.5. The predicted molar refractivity (Wildman–Crippen MR) is 92.6 cm³/mol. The summed E-state index contributed by atoms with van der Waals surface area (Å²) in [5, 5.41) is 4.02. The van der Waals surface area contributed by atoms with Crippen LogP contribution in [0.4, 0.5) is 5.69 Å². The van der Waals surface area contributed by atoms with Crippen LogP contribution in [-0.4, -0.2) is 28.6 Å². The van der Waals surface area contributed by atoms with Gasteiger partial charge < -0.3 is 10.2 Å². The van der Waals surface area contributed by atoms with Crippen molar-refractivity contribution in [1.29, 1.82) is 0 Å². The number of anilines is 1. The lowest BCUT2D eigenvalue weighted by atomic mass is 10.1. The highest BCUT2D eigenvalue weighted by Gasteiger charge is 2.05. The average molecular weight is 299 g/mol. The molecule has 1 heterocycles. The molecular weight excluding hydrogens is 278 g/mol. The van der Waals surface area contributed by atoms with E-state index in [0.29, 0.717) is 0 Å². The molecule has 0 spiro atoms. The van der Waals surface area contributed by atoms with E-state index in [1.807, 2.05) is 42.4 Å². The molecule has 2 rings (SSSR count). The lowest BCUT2D eigenvalue weighted by Gasteiger charge is -2.21. The first-order chi connectivity index (χ1) is 10.2. The van der Waals surface area contributed by atoms with E-state index in [4.69, 9.17) is 12.2 Å². The van der Waals surface area contributed by atoms with Gasteiger partial charge in [-0.25, -0.2) is 0 Å². The third kappa shape index (κ3) is 4.83. The van der Waals surface area contributed by atoms with Crippen LogP contribution in [0, 0.1) is 0 Å². The molecule has 0 radical (unpaired) electrons. The van der Waals surface area contributed by atoms with Crippen molar-refractivity contribution in [3.8, 4) is 0 Å². The molecule has 3 nitrogen and oxygen atoms in total. The standard InChI is InChI=1S/C17H21N3S/c1-3-14-7-6-9-16(13-14)19-17(21)20(2)12-10-15-8-4-5-11-18-15/h4-9,11,13H,3,10,12H2,1-2H3,(H,19,21). The summed E-state index contributed by atoms with van der Waals surface area (Å²) in [6.45, 7) is 2.99. The summed E-state index contributed by atoms with van der Waals surface area (Å²) in [6.07, 6.45) is 3.73. The quantitative estimate of drug-likeness (QED) is 0.855. The van der Waals surface area contributed by atoms with E-state index in [9.17, 15) is 0 Å². The molecule has 1 aromatic heterocycles. The number of aryl methyl sites for hydroxylation is 1. The van der Waals surface area contributed by atoms with Crippen LogP contribution < -0.4 is 5.32 Å². The van der Waals surface area contributed by atoms with Crippen molar-refractivity contribution in [3.63, 3.8) is 0 Å². The van der Waals surface area contributed by atoms with Crippen LogP contribution in [0.15, 0.2) is 48.7 Å². The third-order valence-corrected chi connectivity index (χ3v) is 3.78. The summed E-state index contributed by atoms with van der Waals surface area (Å²) >= 11 is 5.45. The largest absolute Gasteiger partial charge is 0.352 e. The number of nitrogens with zero attached hydrogens (tertiary/aromatic N) is 2. The first-order valence-corrected chi connectivity index (χ1v) is 7.61. The van der Waals surface area contributed by atoms with Gasteiger partial charge in [-0.2, -0.15) is 0 Å². The second-order valence-corrected chi connectivity index (χ2v) is 5.36. The number of nitrogens with one attached hydrogen (secondary N) is 1. The maximum absolute atomic E-state index is 5.45. The average Bonchev–Trinajstić information content (AvgIpc) is 2.53. The van der Waals surface area contributed by atoms with Gasteiger partial charge in [-0.1, -0.05) is 25.1 Å². The summed E-state index contributed by atoms with van der Waals surface area (Å²) in [5.74, 6) is 0. The van der Waals surface area contributed by atoms with Crippen LogP contribution in [0.5, 0.6) is 0 Å². The van der Waals surface area contributed by atoms with Gasteiger partial charge in [0.25, 0.3) is 0 Å². The van der Waals surface area contributed by atoms with E-state index in [1.165, 1.54) is 5.56 Å². The molecule has 0 saturated carbocycles. The fraction of sp³-hybridized carbons (Fsp3) is 0.294. The van der Waals surface area contributed by atoms with Crippen LogP contribution in [-0.2, 0) is 12.8 Å². The van der Waals surface area contributed by atoms with Gasteiger partial charge in [0.2, 0.25) is 0 Å². The third-order valence-electron chi connectivity index (χ3n) is 3.36. The fourth-order valence-corrected chi connectivity index (χ4v) is 2.23. The molecule has 0 bridgehead atoms. The van der Waals surface area contributed by atoms with Gasteiger partial charge in [0.05, 0.1) is 0 Å².